The van der Waals surface area contributed by atoms with Crippen LogP contribution in [0.2, 0.25) is 0 Å². The van der Waals surface area contributed by atoms with E-state index in [-0.39, 0.29) is 18.0 Å². The van der Waals surface area contributed by atoms with E-state index < -0.39 is 5.79 Å². The van der Waals surface area contributed by atoms with Gasteiger partial charge >= 0.3 is 0 Å². The van der Waals surface area contributed by atoms with E-state index in [4.69, 9.17) is 9.47 Å². The van der Waals surface area contributed by atoms with E-state index >= 15 is 0 Å². The number of aromatic nitrogens is 3. The number of fused-ring (bicyclic) bond motifs is 3. The third kappa shape index (κ3) is 2.80. The Labute approximate surface area is 161 Å². The number of likely N-dealkylation sites (tertiary alicyclic amines) is 1. The third-order valence-corrected chi connectivity index (χ3v) is 5.75. The van der Waals surface area contributed by atoms with E-state index in [0.29, 0.717) is 44.7 Å². The molecule has 28 heavy (non-hydrogen) atoms. The van der Waals surface area contributed by atoms with Gasteiger partial charge in [0.2, 0.25) is 5.91 Å². The van der Waals surface area contributed by atoms with E-state index in [2.05, 4.69) is 10.1 Å². The van der Waals surface area contributed by atoms with Crippen LogP contribution in [0.15, 0.2) is 29.2 Å². The Balaban J connectivity index is 1.38. The van der Waals surface area contributed by atoms with Gasteiger partial charge in [0.05, 0.1) is 19.4 Å². The summed E-state index contributed by atoms with van der Waals surface area (Å²) in [6.45, 7) is 4.27. The number of H-pyrrole nitrogens is 1. The molecule has 2 aliphatic rings. The molecule has 0 saturated carbocycles. The number of amides is 1. The molecule has 0 bridgehead atoms. The van der Waals surface area contributed by atoms with E-state index in [1.165, 1.54) is 4.68 Å². The molecule has 1 spiro atoms. The Morgan fingerprint density at radius 3 is 2.71 bits per heavy atom. The molecule has 8 heteroatoms. The van der Waals surface area contributed by atoms with Crippen molar-refractivity contribution in [3.63, 3.8) is 0 Å². The molecule has 4 heterocycles. The SMILES string of the molecule is Cc1ccc2[nH]c3c(=O)n(CC(=O)N4CCC5(CC4)OCCO5)ncc3c2c1. The number of carbonyl (C=O) groups excluding carboxylic acids is 1. The largest absolute Gasteiger partial charge is 0.350 e. The van der Waals surface area contributed by atoms with E-state index in [9.17, 15) is 9.59 Å². The maximum Gasteiger partial charge on any atom is 0.291 e. The van der Waals surface area contributed by atoms with Crippen molar-refractivity contribution in [2.24, 2.45) is 0 Å². The first-order valence-electron chi connectivity index (χ1n) is 9.59. The van der Waals surface area contributed by atoms with Crippen LogP contribution in [-0.4, -0.2) is 57.7 Å². The van der Waals surface area contributed by atoms with Gasteiger partial charge in [-0.3, -0.25) is 9.59 Å². The Morgan fingerprint density at radius 1 is 1.21 bits per heavy atom. The van der Waals surface area contributed by atoms with Crippen molar-refractivity contribution in [2.75, 3.05) is 26.3 Å². The molecule has 1 amide bonds. The summed E-state index contributed by atoms with van der Waals surface area (Å²) in [5.74, 6) is -0.637. The van der Waals surface area contributed by atoms with Gasteiger partial charge in [-0.2, -0.15) is 5.10 Å². The minimum atomic E-state index is -0.521. The first-order chi connectivity index (χ1) is 13.5. The molecule has 2 aliphatic heterocycles. The lowest BCUT2D eigenvalue weighted by Crippen LogP contribution is -2.48. The maximum absolute atomic E-state index is 12.9. The molecule has 1 aromatic carbocycles. The summed E-state index contributed by atoms with van der Waals surface area (Å²) in [5, 5.41) is 6.00. The Morgan fingerprint density at radius 2 is 1.96 bits per heavy atom. The predicted octanol–water partition coefficient (Wildman–Crippen LogP) is 1.55. The lowest BCUT2D eigenvalue weighted by molar-refractivity contribution is -0.187. The van der Waals surface area contributed by atoms with Gasteiger partial charge in [0.15, 0.2) is 5.79 Å². The molecule has 0 atom stereocenters. The second-order valence-corrected chi connectivity index (χ2v) is 7.56. The first-order valence-corrected chi connectivity index (χ1v) is 9.59. The van der Waals surface area contributed by atoms with Gasteiger partial charge < -0.3 is 19.4 Å². The molecule has 146 valence electrons. The van der Waals surface area contributed by atoms with Crippen molar-refractivity contribution in [1.82, 2.24) is 19.7 Å². The van der Waals surface area contributed by atoms with Crippen LogP contribution < -0.4 is 5.56 Å². The van der Waals surface area contributed by atoms with Crippen LogP contribution in [0.3, 0.4) is 0 Å². The summed E-state index contributed by atoms with van der Waals surface area (Å²) in [6.07, 6.45) is 2.97. The second kappa shape index (κ2) is 6.42. The number of aromatic amines is 1. The smallest absolute Gasteiger partial charge is 0.291 e. The van der Waals surface area contributed by atoms with Crippen molar-refractivity contribution in [3.05, 3.63) is 40.3 Å². The van der Waals surface area contributed by atoms with Crippen LogP contribution in [0.1, 0.15) is 18.4 Å². The normalized spacial score (nSPS) is 19.1. The Hall–Kier alpha value is -2.71. The molecular weight excluding hydrogens is 360 g/mol. The molecule has 0 radical (unpaired) electrons. The summed E-state index contributed by atoms with van der Waals surface area (Å²) in [4.78, 5) is 30.5. The highest BCUT2D eigenvalue weighted by molar-refractivity contribution is 6.06. The summed E-state index contributed by atoms with van der Waals surface area (Å²) in [7, 11) is 0. The van der Waals surface area contributed by atoms with Gasteiger partial charge in [-0.1, -0.05) is 11.6 Å². The number of rotatable bonds is 2. The molecule has 2 aromatic heterocycles. The summed E-state index contributed by atoms with van der Waals surface area (Å²) < 4.78 is 12.6. The number of ether oxygens (including phenoxy) is 2. The number of hydrogen-bond donors (Lipinski definition) is 1. The molecule has 5 rings (SSSR count). The minimum Gasteiger partial charge on any atom is -0.350 e. The van der Waals surface area contributed by atoms with E-state index in [1.54, 1.807) is 11.1 Å². The first kappa shape index (κ1) is 17.4. The van der Waals surface area contributed by atoms with Crippen molar-refractivity contribution >= 4 is 27.7 Å². The van der Waals surface area contributed by atoms with Gasteiger partial charge in [-0.15, -0.1) is 0 Å². The van der Waals surface area contributed by atoms with Gasteiger partial charge in [-0.05, 0) is 19.1 Å². The summed E-state index contributed by atoms with van der Waals surface area (Å²) >= 11 is 0. The highest BCUT2D eigenvalue weighted by Crippen LogP contribution is 2.31. The fourth-order valence-electron chi connectivity index (χ4n) is 4.16. The zero-order valence-electron chi connectivity index (χ0n) is 15.7. The molecule has 8 nitrogen and oxygen atoms in total. The highest BCUT2D eigenvalue weighted by Gasteiger charge is 2.40. The lowest BCUT2D eigenvalue weighted by atomic mass is 10.0. The fraction of sp³-hybridized carbons (Fsp3) is 0.450. The number of carbonyl (C=O) groups is 1. The number of piperidine rings is 1. The van der Waals surface area contributed by atoms with Crippen LogP contribution in [0, 0.1) is 6.92 Å². The van der Waals surface area contributed by atoms with Crippen LogP contribution in [-0.2, 0) is 20.8 Å². The average molecular weight is 382 g/mol. The van der Waals surface area contributed by atoms with Gasteiger partial charge in [0.25, 0.3) is 5.56 Å². The van der Waals surface area contributed by atoms with Crippen LogP contribution in [0.25, 0.3) is 21.8 Å². The number of benzene rings is 1. The molecule has 3 aromatic rings. The standard InChI is InChI=1S/C20H22N4O4/c1-13-2-3-16-14(10-13)15-11-21-24(19(26)18(15)22-16)12-17(25)23-6-4-20(5-7-23)27-8-9-28-20/h2-3,10-11,22H,4-9,12H2,1H3. The van der Waals surface area contributed by atoms with Gasteiger partial charge in [0, 0.05) is 42.2 Å². The topological polar surface area (TPSA) is 89.5 Å². The highest BCUT2D eigenvalue weighted by atomic mass is 16.7. The second-order valence-electron chi connectivity index (χ2n) is 7.56. The summed E-state index contributed by atoms with van der Waals surface area (Å²) in [6, 6.07) is 5.98. The maximum atomic E-state index is 12.9. The number of nitrogens with one attached hydrogen (secondary N) is 1. The molecule has 0 unspecified atom stereocenters. The van der Waals surface area contributed by atoms with E-state index in [0.717, 1.165) is 21.9 Å². The van der Waals surface area contributed by atoms with Crippen molar-refractivity contribution in [3.8, 4) is 0 Å². The van der Waals surface area contributed by atoms with Crippen molar-refractivity contribution in [2.45, 2.75) is 32.1 Å². The molecular formula is C20H22N4O4. The third-order valence-electron chi connectivity index (χ3n) is 5.75. The number of hydrogen-bond acceptors (Lipinski definition) is 5. The fourth-order valence-corrected chi connectivity index (χ4v) is 4.16. The number of aryl methyl sites for hydroxylation is 1. The Bertz CT molecular complexity index is 1120. The summed E-state index contributed by atoms with van der Waals surface area (Å²) in [5.41, 5.74) is 2.21. The van der Waals surface area contributed by atoms with Gasteiger partial charge in [0.1, 0.15) is 12.1 Å². The average Bonchev–Trinajstić information content (AvgIpc) is 3.29. The quantitative estimate of drug-likeness (QED) is 0.726. The van der Waals surface area contributed by atoms with Gasteiger partial charge in [-0.25, -0.2) is 4.68 Å². The number of nitrogens with zero attached hydrogens (tertiary/aromatic N) is 3. The van der Waals surface area contributed by atoms with Crippen LogP contribution in [0.5, 0.6) is 0 Å². The molecule has 2 saturated heterocycles. The van der Waals surface area contributed by atoms with Crippen molar-refractivity contribution < 1.29 is 14.3 Å². The Kier molecular flexibility index (Phi) is 3.99. The zero-order valence-corrected chi connectivity index (χ0v) is 15.7. The predicted molar refractivity (Wildman–Crippen MR) is 103 cm³/mol. The molecule has 1 N–H and O–H groups in total. The minimum absolute atomic E-state index is 0.0715. The van der Waals surface area contributed by atoms with E-state index in [1.807, 2.05) is 25.1 Å². The molecule has 2 fully saturated rings. The lowest BCUT2D eigenvalue weighted by Gasteiger charge is -2.37. The van der Waals surface area contributed by atoms with Crippen molar-refractivity contribution in [1.29, 1.82) is 0 Å². The monoisotopic (exact) mass is 382 g/mol. The zero-order chi connectivity index (χ0) is 19.3. The van der Waals surface area contributed by atoms with Crippen LogP contribution >= 0.6 is 0 Å². The molecule has 0 aliphatic carbocycles. The van der Waals surface area contributed by atoms with Crippen LogP contribution in [0.4, 0.5) is 0 Å².